The van der Waals surface area contributed by atoms with Gasteiger partial charge in [0.15, 0.2) is 5.78 Å². The van der Waals surface area contributed by atoms with Gasteiger partial charge in [-0.05, 0) is 29.6 Å². The van der Waals surface area contributed by atoms with E-state index in [2.05, 4.69) is 4.98 Å². The maximum Gasteiger partial charge on any atom is 0.491 e. The van der Waals surface area contributed by atoms with Crippen LogP contribution in [0.15, 0.2) is 30.5 Å². The molecule has 0 aliphatic carbocycles. The predicted octanol–water partition coefficient (Wildman–Crippen LogP) is 2.05. The third-order valence-electron chi connectivity index (χ3n) is 3.95. The first kappa shape index (κ1) is 16.7. The number of hydrogen-bond donors (Lipinski definition) is 1. The fourth-order valence-corrected chi connectivity index (χ4v) is 2.63. The summed E-state index contributed by atoms with van der Waals surface area (Å²) in [7, 11) is -1.03. The molecule has 0 saturated carbocycles. The highest BCUT2D eigenvalue weighted by molar-refractivity contribution is 6.61. The third-order valence-corrected chi connectivity index (χ3v) is 3.95. The number of Topliss-reactive ketones (excluding diaryl/α,β-unsaturated/α-hetero) is 1. The first-order chi connectivity index (χ1) is 11.3. The Balaban J connectivity index is 1.85. The molecule has 4 nitrogen and oxygen atoms in total. The highest BCUT2D eigenvalue weighted by Gasteiger charge is 2.34. The number of benzene rings is 1. The van der Waals surface area contributed by atoms with E-state index in [9.17, 15) is 23.0 Å². The molecule has 2 aromatic rings. The van der Waals surface area contributed by atoms with Crippen LogP contribution in [0, 0.1) is 6.92 Å². The van der Waals surface area contributed by atoms with Crippen LogP contribution in [0.4, 0.5) is 13.2 Å². The van der Waals surface area contributed by atoms with Crippen molar-refractivity contribution in [2.75, 3.05) is 0 Å². The Kier molecular flexibility index (Phi) is 4.19. The fraction of sp³-hybridized carbons (Fsp3) is 0.250. The number of alkyl halides is 3. The Hall–Kier alpha value is -2.19. The molecule has 1 aromatic carbocycles. The zero-order chi connectivity index (χ0) is 17.5. The Morgan fingerprint density at radius 2 is 2.12 bits per heavy atom. The van der Waals surface area contributed by atoms with Crippen LogP contribution >= 0.6 is 0 Å². The summed E-state index contributed by atoms with van der Waals surface area (Å²) in [6.07, 6.45) is -3.48. The highest BCUT2D eigenvalue weighted by Crippen LogP contribution is 2.31. The first-order valence-electron chi connectivity index (χ1n) is 7.24. The normalized spacial score (nSPS) is 14.0. The Morgan fingerprint density at radius 3 is 2.83 bits per heavy atom. The zero-order valence-corrected chi connectivity index (χ0v) is 12.7. The molecule has 0 spiro atoms. The quantitative estimate of drug-likeness (QED) is 0.689. The minimum Gasteiger partial charge on any atom is -0.423 e. The molecular formula is C16H13BF3NO3. The van der Waals surface area contributed by atoms with E-state index in [0.717, 1.165) is 17.8 Å². The molecule has 1 aromatic heterocycles. The standard InChI is InChI=1S/C16H13BF3NO3/c1-9-13(16(18,19)20)6-12(7-21-9)15(22)5-10-2-3-11-8-24-17(23)14(11)4-10/h2-4,6-7,23H,5,8H2,1H3. The predicted molar refractivity (Wildman–Crippen MR) is 80.8 cm³/mol. The van der Waals surface area contributed by atoms with E-state index in [4.69, 9.17) is 4.65 Å². The Bertz CT molecular complexity index is 808. The Morgan fingerprint density at radius 1 is 1.38 bits per heavy atom. The van der Waals surface area contributed by atoms with Crippen LogP contribution < -0.4 is 5.46 Å². The van der Waals surface area contributed by atoms with Crippen LogP contribution in [0.5, 0.6) is 0 Å². The number of aromatic nitrogens is 1. The van der Waals surface area contributed by atoms with Gasteiger partial charge in [0, 0.05) is 23.9 Å². The van der Waals surface area contributed by atoms with E-state index in [1.807, 2.05) is 0 Å². The topological polar surface area (TPSA) is 59.4 Å². The number of carbonyl (C=O) groups is 1. The van der Waals surface area contributed by atoms with Crippen molar-refractivity contribution in [1.29, 1.82) is 0 Å². The number of hydrogen-bond acceptors (Lipinski definition) is 4. The zero-order valence-electron chi connectivity index (χ0n) is 12.7. The molecule has 1 N–H and O–H groups in total. The highest BCUT2D eigenvalue weighted by atomic mass is 19.4. The molecule has 1 aliphatic heterocycles. The van der Waals surface area contributed by atoms with Gasteiger partial charge in [0.2, 0.25) is 0 Å². The second-order valence-corrected chi connectivity index (χ2v) is 5.65. The number of nitrogens with zero attached hydrogens (tertiary/aromatic N) is 1. The molecule has 124 valence electrons. The molecule has 8 heteroatoms. The molecule has 24 heavy (non-hydrogen) atoms. The fourth-order valence-electron chi connectivity index (χ4n) is 2.63. The third kappa shape index (κ3) is 3.20. The molecule has 0 amide bonds. The number of fused-ring (bicyclic) bond motifs is 1. The SMILES string of the molecule is Cc1ncc(C(=O)Cc2ccc3c(c2)B(O)OC3)cc1C(F)(F)F. The van der Waals surface area contributed by atoms with Gasteiger partial charge in [-0.1, -0.05) is 18.2 Å². The summed E-state index contributed by atoms with van der Waals surface area (Å²) in [5, 5.41) is 9.67. The average Bonchev–Trinajstić information content (AvgIpc) is 2.87. The lowest BCUT2D eigenvalue weighted by Gasteiger charge is -2.11. The van der Waals surface area contributed by atoms with Gasteiger partial charge >= 0.3 is 13.3 Å². The summed E-state index contributed by atoms with van der Waals surface area (Å²) in [5.41, 5.74) is 0.832. The van der Waals surface area contributed by atoms with Gasteiger partial charge in [0.25, 0.3) is 0 Å². The van der Waals surface area contributed by atoms with Crippen molar-refractivity contribution in [2.45, 2.75) is 26.1 Å². The van der Waals surface area contributed by atoms with Gasteiger partial charge in [-0.3, -0.25) is 9.78 Å². The lowest BCUT2D eigenvalue weighted by atomic mass is 9.78. The summed E-state index contributed by atoms with van der Waals surface area (Å²) in [6.45, 7) is 1.54. The maximum atomic E-state index is 12.9. The molecular weight excluding hydrogens is 322 g/mol. The molecule has 0 bridgehead atoms. The summed E-state index contributed by atoms with van der Waals surface area (Å²) in [6, 6.07) is 5.90. The molecule has 2 heterocycles. The summed E-state index contributed by atoms with van der Waals surface area (Å²) in [4.78, 5) is 16.0. The van der Waals surface area contributed by atoms with Crippen molar-refractivity contribution in [3.8, 4) is 0 Å². The van der Waals surface area contributed by atoms with Crippen molar-refractivity contribution in [3.05, 3.63) is 58.4 Å². The number of pyridine rings is 1. The van der Waals surface area contributed by atoms with E-state index in [1.165, 1.54) is 6.92 Å². The molecule has 3 rings (SSSR count). The summed E-state index contributed by atoms with van der Waals surface area (Å²) >= 11 is 0. The van der Waals surface area contributed by atoms with Crippen LogP contribution in [0.25, 0.3) is 0 Å². The Labute approximate surface area is 136 Å². The lowest BCUT2D eigenvalue weighted by Crippen LogP contribution is -2.28. The summed E-state index contributed by atoms with van der Waals surface area (Å²) in [5.74, 6) is -0.471. The van der Waals surface area contributed by atoms with Crippen molar-refractivity contribution in [1.82, 2.24) is 4.98 Å². The minimum atomic E-state index is -4.55. The van der Waals surface area contributed by atoms with Gasteiger partial charge in [-0.25, -0.2) is 0 Å². The largest absolute Gasteiger partial charge is 0.491 e. The molecule has 1 aliphatic rings. The molecule has 0 fully saturated rings. The van der Waals surface area contributed by atoms with Crippen molar-refractivity contribution >= 4 is 18.4 Å². The van der Waals surface area contributed by atoms with Crippen LogP contribution in [-0.4, -0.2) is 22.9 Å². The van der Waals surface area contributed by atoms with Crippen LogP contribution in [0.2, 0.25) is 0 Å². The van der Waals surface area contributed by atoms with E-state index in [1.54, 1.807) is 18.2 Å². The van der Waals surface area contributed by atoms with Crippen molar-refractivity contribution in [3.63, 3.8) is 0 Å². The number of halogens is 3. The van der Waals surface area contributed by atoms with E-state index >= 15 is 0 Å². The number of aryl methyl sites for hydroxylation is 1. The smallest absolute Gasteiger partial charge is 0.423 e. The second-order valence-electron chi connectivity index (χ2n) is 5.65. The lowest BCUT2D eigenvalue weighted by molar-refractivity contribution is -0.138. The average molecular weight is 335 g/mol. The molecule has 0 atom stereocenters. The van der Waals surface area contributed by atoms with E-state index < -0.39 is 24.6 Å². The minimum absolute atomic E-state index is 0.0813. The van der Waals surface area contributed by atoms with Crippen molar-refractivity contribution < 1.29 is 27.6 Å². The van der Waals surface area contributed by atoms with Gasteiger partial charge in [0.1, 0.15) is 0 Å². The summed E-state index contributed by atoms with van der Waals surface area (Å²) < 4.78 is 43.8. The first-order valence-corrected chi connectivity index (χ1v) is 7.24. The molecule has 0 saturated heterocycles. The van der Waals surface area contributed by atoms with Gasteiger partial charge in [-0.15, -0.1) is 0 Å². The van der Waals surface area contributed by atoms with Crippen LogP contribution in [-0.2, 0) is 23.9 Å². The monoisotopic (exact) mass is 335 g/mol. The maximum absolute atomic E-state index is 12.9. The van der Waals surface area contributed by atoms with Crippen LogP contribution in [0.3, 0.4) is 0 Å². The van der Waals surface area contributed by atoms with E-state index in [-0.39, 0.29) is 17.7 Å². The second kappa shape index (κ2) is 6.03. The number of carbonyl (C=O) groups excluding carboxylic acids is 1. The number of ketones is 1. The van der Waals surface area contributed by atoms with Gasteiger partial charge in [-0.2, -0.15) is 13.2 Å². The number of rotatable bonds is 3. The van der Waals surface area contributed by atoms with Gasteiger partial charge < -0.3 is 9.68 Å². The van der Waals surface area contributed by atoms with E-state index in [0.29, 0.717) is 17.6 Å². The van der Waals surface area contributed by atoms with Crippen molar-refractivity contribution in [2.24, 2.45) is 0 Å². The molecule has 0 radical (unpaired) electrons. The van der Waals surface area contributed by atoms with Crippen LogP contribution in [0.1, 0.15) is 32.7 Å². The molecule has 0 unspecified atom stereocenters. The van der Waals surface area contributed by atoms with Gasteiger partial charge in [0.05, 0.1) is 12.2 Å².